The molecule has 0 aliphatic heterocycles. The summed E-state index contributed by atoms with van der Waals surface area (Å²) in [5.41, 5.74) is 4.47. The highest BCUT2D eigenvalue weighted by Gasteiger charge is 2.22. The van der Waals surface area contributed by atoms with Gasteiger partial charge in [0.05, 0.1) is 0 Å². The molecule has 2 atom stereocenters. The maximum absolute atomic E-state index is 13.1. The molecule has 2 nitrogen and oxygen atoms in total. The summed E-state index contributed by atoms with van der Waals surface area (Å²) in [5, 5.41) is 0.682. The second-order valence-corrected chi connectivity index (χ2v) is 8.22. The number of aryl methyl sites for hydroxylation is 3. The molecule has 2 aromatic rings. The standard InChI is InChI=1S/C20H24O2P/c1-6-16(5)23(22)18-10-8-7-9-17(18)20(21)19-14(3)11-13(2)12-15(19)4/h7-12,16H,6H2,1-5H3. The Balaban J connectivity index is 2.56. The molecule has 0 saturated heterocycles. The molecule has 0 spiro atoms. The molecule has 0 aromatic heterocycles. The predicted molar refractivity (Wildman–Crippen MR) is 97.5 cm³/mol. The van der Waals surface area contributed by atoms with Gasteiger partial charge in [0.1, 0.15) is 7.80 Å². The first-order chi connectivity index (χ1) is 10.9. The van der Waals surface area contributed by atoms with Gasteiger partial charge >= 0.3 is 0 Å². The molecule has 3 heteroatoms. The Hall–Kier alpha value is -1.79. The molecule has 0 saturated carbocycles. The van der Waals surface area contributed by atoms with Gasteiger partial charge in [-0.25, -0.2) is 0 Å². The van der Waals surface area contributed by atoms with Crippen molar-refractivity contribution in [2.75, 3.05) is 0 Å². The fourth-order valence-corrected chi connectivity index (χ4v) is 4.39. The minimum absolute atomic E-state index is 0.0257. The first kappa shape index (κ1) is 17.6. The number of carbonyl (C=O) groups excluding carboxylic acids is 1. The second-order valence-electron chi connectivity index (χ2n) is 6.20. The van der Waals surface area contributed by atoms with Crippen molar-refractivity contribution in [2.24, 2.45) is 0 Å². The molecule has 1 radical (unpaired) electrons. The lowest BCUT2D eigenvalue weighted by Gasteiger charge is -2.15. The van der Waals surface area contributed by atoms with E-state index in [1.165, 1.54) is 0 Å². The van der Waals surface area contributed by atoms with Gasteiger partial charge < -0.3 is 0 Å². The average Bonchev–Trinajstić information content (AvgIpc) is 2.52. The van der Waals surface area contributed by atoms with Gasteiger partial charge in [-0.2, -0.15) is 0 Å². The Kier molecular flexibility index (Phi) is 5.49. The van der Waals surface area contributed by atoms with Crippen molar-refractivity contribution in [3.05, 3.63) is 64.2 Å². The van der Waals surface area contributed by atoms with Crippen LogP contribution in [-0.4, -0.2) is 11.4 Å². The van der Waals surface area contributed by atoms with Crippen LogP contribution in [-0.2, 0) is 4.57 Å². The predicted octanol–water partition coefficient (Wildman–Crippen LogP) is 5.09. The van der Waals surface area contributed by atoms with E-state index in [0.717, 1.165) is 28.7 Å². The summed E-state index contributed by atoms with van der Waals surface area (Å²) in [5.74, 6) is -0.0257. The quantitative estimate of drug-likeness (QED) is 0.566. The highest BCUT2D eigenvalue weighted by Crippen LogP contribution is 2.32. The molecule has 0 amide bonds. The van der Waals surface area contributed by atoms with Crippen LogP contribution in [0.5, 0.6) is 0 Å². The lowest BCUT2D eigenvalue weighted by Crippen LogP contribution is -2.17. The molecule has 2 unspecified atom stereocenters. The van der Waals surface area contributed by atoms with Crippen LogP contribution in [0.15, 0.2) is 36.4 Å². The third-order valence-electron chi connectivity index (χ3n) is 4.28. The molecule has 0 fully saturated rings. The summed E-state index contributed by atoms with van der Waals surface area (Å²) in [6, 6.07) is 11.4. The fourth-order valence-electron chi connectivity index (χ4n) is 2.93. The minimum Gasteiger partial charge on any atom is -0.289 e. The molecule has 121 valence electrons. The van der Waals surface area contributed by atoms with Gasteiger partial charge in [0.15, 0.2) is 5.78 Å². The Labute approximate surface area is 139 Å². The monoisotopic (exact) mass is 327 g/mol. The largest absolute Gasteiger partial charge is 0.289 e. The van der Waals surface area contributed by atoms with Crippen molar-refractivity contribution >= 4 is 18.9 Å². The second kappa shape index (κ2) is 7.19. The van der Waals surface area contributed by atoms with Gasteiger partial charge in [-0.15, -0.1) is 0 Å². The van der Waals surface area contributed by atoms with Gasteiger partial charge in [-0.05, 0) is 50.5 Å². The van der Waals surface area contributed by atoms with E-state index in [-0.39, 0.29) is 11.4 Å². The Morgan fingerprint density at radius 2 is 1.65 bits per heavy atom. The summed E-state index contributed by atoms with van der Waals surface area (Å²) >= 11 is 0. The zero-order chi connectivity index (χ0) is 17.1. The average molecular weight is 327 g/mol. The number of carbonyl (C=O) groups is 1. The number of rotatable bonds is 5. The van der Waals surface area contributed by atoms with Gasteiger partial charge in [0.25, 0.3) is 0 Å². The molecule has 0 heterocycles. The van der Waals surface area contributed by atoms with Crippen molar-refractivity contribution in [1.29, 1.82) is 0 Å². The van der Waals surface area contributed by atoms with Crippen LogP contribution in [0.2, 0.25) is 0 Å². The maximum atomic E-state index is 13.1. The normalized spacial score (nSPS) is 12.8. The van der Waals surface area contributed by atoms with E-state index in [1.54, 1.807) is 6.07 Å². The molecular formula is C20H24O2P. The van der Waals surface area contributed by atoms with Crippen molar-refractivity contribution < 1.29 is 9.36 Å². The molecular weight excluding hydrogens is 303 g/mol. The molecule has 0 aliphatic carbocycles. The van der Waals surface area contributed by atoms with E-state index in [2.05, 4.69) is 0 Å². The third kappa shape index (κ3) is 3.59. The van der Waals surface area contributed by atoms with E-state index >= 15 is 0 Å². The Morgan fingerprint density at radius 1 is 1.09 bits per heavy atom. The molecule has 0 N–H and O–H groups in total. The zero-order valence-electron chi connectivity index (χ0n) is 14.5. The van der Waals surface area contributed by atoms with E-state index in [4.69, 9.17) is 0 Å². The first-order valence-corrected chi connectivity index (χ1v) is 9.37. The Bertz CT molecular complexity index is 739. The molecule has 2 aromatic carbocycles. The van der Waals surface area contributed by atoms with Gasteiger partial charge in [-0.1, -0.05) is 43.7 Å². The SMILES string of the molecule is CCC(C)[P](=O)c1ccccc1C(=O)c1c(C)cc(C)cc1C. The third-order valence-corrected chi connectivity index (χ3v) is 6.31. The lowest BCUT2D eigenvalue weighted by molar-refractivity contribution is 0.103. The fraction of sp³-hybridized carbons (Fsp3) is 0.350. The van der Waals surface area contributed by atoms with Crippen molar-refractivity contribution in [3.8, 4) is 0 Å². The number of hydrogen-bond acceptors (Lipinski definition) is 2. The van der Waals surface area contributed by atoms with Crippen molar-refractivity contribution in [1.82, 2.24) is 0 Å². The van der Waals surface area contributed by atoms with Crippen LogP contribution < -0.4 is 5.30 Å². The van der Waals surface area contributed by atoms with Gasteiger partial charge in [-0.3, -0.25) is 9.36 Å². The van der Waals surface area contributed by atoms with Crippen molar-refractivity contribution in [2.45, 2.75) is 46.7 Å². The van der Waals surface area contributed by atoms with Crippen LogP contribution in [0.25, 0.3) is 0 Å². The zero-order valence-corrected chi connectivity index (χ0v) is 15.4. The summed E-state index contributed by atoms with van der Waals surface area (Å²) < 4.78 is 12.8. The van der Waals surface area contributed by atoms with Crippen LogP contribution >= 0.6 is 7.80 Å². The van der Waals surface area contributed by atoms with E-state index in [1.807, 2.05) is 65.0 Å². The summed E-state index contributed by atoms with van der Waals surface area (Å²) in [4.78, 5) is 13.1. The number of hydrogen-bond donors (Lipinski definition) is 0. The van der Waals surface area contributed by atoms with E-state index in [0.29, 0.717) is 10.9 Å². The highest BCUT2D eigenvalue weighted by atomic mass is 31.1. The van der Waals surface area contributed by atoms with E-state index < -0.39 is 7.80 Å². The smallest absolute Gasteiger partial charge is 0.194 e. The van der Waals surface area contributed by atoms with Gasteiger partial charge in [0.2, 0.25) is 0 Å². The first-order valence-electron chi connectivity index (χ1n) is 8.04. The molecule has 2 rings (SSSR count). The van der Waals surface area contributed by atoms with Crippen molar-refractivity contribution in [3.63, 3.8) is 0 Å². The molecule has 23 heavy (non-hydrogen) atoms. The van der Waals surface area contributed by atoms with Gasteiger partial charge in [0, 0.05) is 22.1 Å². The summed E-state index contributed by atoms with van der Waals surface area (Å²) in [6.45, 7) is 9.95. The Morgan fingerprint density at radius 3 is 2.22 bits per heavy atom. The highest BCUT2D eigenvalue weighted by molar-refractivity contribution is 7.54. The lowest BCUT2D eigenvalue weighted by atomic mass is 9.93. The molecule has 0 aliphatic rings. The minimum atomic E-state index is -1.58. The summed E-state index contributed by atoms with van der Waals surface area (Å²) in [7, 11) is -1.58. The van der Waals surface area contributed by atoms with E-state index in [9.17, 15) is 9.36 Å². The number of benzene rings is 2. The van der Waals surface area contributed by atoms with Crippen LogP contribution in [0, 0.1) is 20.8 Å². The summed E-state index contributed by atoms with van der Waals surface area (Å²) in [6.07, 6.45) is 0.834. The van der Waals surface area contributed by atoms with Crippen LogP contribution in [0.1, 0.15) is 52.9 Å². The maximum Gasteiger partial charge on any atom is 0.194 e. The number of ketones is 1. The van der Waals surface area contributed by atoms with Crippen LogP contribution in [0.3, 0.4) is 0 Å². The molecule has 0 bridgehead atoms. The van der Waals surface area contributed by atoms with Crippen LogP contribution in [0.4, 0.5) is 0 Å². The topological polar surface area (TPSA) is 34.1 Å².